The average Bonchev–Trinajstić information content (AvgIpc) is 2.88. The number of thiophene rings is 1. The molecule has 2 aromatic rings. The van der Waals surface area contributed by atoms with Gasteiger partial charge in [-0.1, -0.05) is 13.0 Å². The topological polar surface area (TPSA) is 58.2 Å². The Labute approximate surface area is 121 Å². The SMILES string of the molecule is CCNCc1ccc(S(=O)(=O)Nc2ccsc2)c(F)c1. The van der Waals surface area contributed by atoms with E-state index in [1.165, 1.54) is 23.5 Å². The van der Waals surface area contributed by atoms with Crippen molar-refractivity contribution in [3.05, 3.63) is 46.4 Å². The third kappa shape index (κ3) is 3.56. The zero-order valence-electron chi connectivity index (χ0n) is 10.9. The molecule has 1 aromatic heterocycles. The highest BCUT2D eigenvalue weighted by Gasteiger charge is 2.19. The van der Waals surface area contributed by atoms with Crippen molar-refractivity contribution in [2.75, 3.05) is 11.3 Å². The van der Waals surface area contributed by atoms with Crippen molar-refractivity contribution in [1.82, 2.24) is 5.32 Å². The Morgan fingerprint density at radius 2 is 2.10 bits per heavy atom. The first-order chi connectivity index (χ1) is 9.53. The van der Waals surface area contributed by atoms with Crippen LogP contribution in [0, 0.1) is 5.82 Å². The summed E-state index contributed by atoms with van der Waals surface area (Å²) in [6, 6.07) is 5.76. The molecule has 0 saturated heterocycles. The van der Waals surface area contributed by atoms with E-state index in [1.807, 2.05) is 6.92 Å². The van der Waals surface area contributed by atoms with Gasteiger partial charge in [-0.05, 0) is 35.7 Å². The Kier molecular flexibility index (Phi) is 4.74. The monoisotopic (exact) mass is 314 g/mol. The van der Waals surface area contributed by atoms with Crippen LogP contribution in [0.3, 0.4) is 0 Å². The predicted molar refractivity (Wildman–Crippen MR) is 78.9 cm³/mol. The van der Waals surface area contributed by atoms with Crippen molar-refractivity contribution in [2.24, 2.45) is 0 Å². The molecule has 0 spiro atoms. The maximum absolute atomic E-state index is 14.0. The summed E-state index contributed by atoms with van der Waals surface area (Å²) in [6.07, 6.45) is 0. The molecule has 0 unspecified atom stereocenters. The molecule has 0 radical (unpaired) electrons. The summed E-state index contributed by atoms with van der Waals surface area (Å²) in [7, 11) is -3.89. The van der Waals surface area contributed by atoms with Gasteiger partial charge in [-0.25, -0.2) is 12.8 Å². The fourth-order valence-corrected chi connectivity index (χ4v) is 3.45. The molecule has 1 aromatic carbocycles. The van der Waals surface area contributed by atoms with Crippen LogP contribution in [0.1, 0.15) is 12.5 Å². The lowest BCUT2D eigenvalue weighted by Gasteiger charge is -2.09. The van der Waals surface area contributed by atoms with Gasteiger partial charge in [-0.15, -0.1) is 0 Å². The summed E-state index contributed by atoms with van der Waals surface area (Å²) < 4.78 is 40.5. The molecule has 0 aliphatic rings. The van der Waals surface area contributed by atoms with Crippen molar-refractivity contribution in [3.63, 3.8) is 0 Å². The Morgan fingerprint density at radius 1 is 1.30 bits per heavy atom. The number of anilines is 1. The van der Waals surface area contributed by atoms with E-state index in [9.17, 15) is 12.8 Å². The van der Waals surface area contributed by atoms with Gasteiger partial charge in [0.05, 0.1) is 5.69 Å². The molecule has 0 aliphatic heterocycles. The highest BCUT2D eigenvalue weighted by molar-refractivity contribution is 7.92. The zero-order valence-corrected chi connectivity index (χ0v) is 12.5. The average molecular weight is 314 g/mol. The highest BCUT2D eigenvalue weighted by atomic mass is 32.2. The Morgan fingerprint density at radius 3 is 2.70 bits per heavy atom. The molecule has 7 heteroatoms. The largest absolute Gasteiger partial charge is 0.313 e. The molecule has 0 atom stereocenters. The van der Waals surface area contributed by atoms with Gasteiger partial charge in [0, 0.05) is 11.9 Å². The third-order valence-electron chi connectivity index (χ3n) is 2.64. The molecular formula is C13H15FN2O2S2. The second kappa shape index (κ2) is 6.34. The van der Waals surface area contributed by atoms with Gasteiger partial charge in [0.1, 0.15) is 10.7 Å². The molecule has 0 fully saturated rings. The molecule has 0 amide bonds. The number of halogens is 1. The van der Waals surface area contributed by atoms with Gasteiger partial charge in [-0.3, -0.25) is 4.72 Å². The smallest absolute Gasteiger partial charge is 0.264 e. The Balaban J connectivity index is 2.23. The lowest BCUT2D eigenvalue weighted by Crippen LogP contribution is -2.15. The number of hydrogen-bond acceptors (Lipinski definition) is 4. The minimum Gasteiger partial charge on any atom is -0.313 e. The number of sulfonamides is 1. The van der Waals surface area contributed by atoms with Crippen LogP contribution in [0.4, 0.5) is 10.1 Å². The van der Waals surface area contributed by atoms with Crippen molar-refractivity contribution in [3.8, 4) is 0 Å². The van der Waals surface area contributed by atoms with Crippen LogP contribution in [0.15, 0.2) is 39.9 Å². The molecule has 0 bridgehead atoms. The number of nitrogens with one attached hydrogen (secondary N) is 2. The maximum Gasteiger partial charge on any atom is 0.264 e. The van der Waals surface area contributed by atoms with Crippen LogP contribution in [0.2, 0.25) is 0 Å². The van der Waals surface area contributed by atoms with E-state index in [-0.39, 0.29) is 4.90 Å². The van der Waals surface area contributed by atoms with Crippen LogP contribution in [0.25, 0.3) is 0 Å². The summed E-state index contributed by atoms with van der Waals surface area (Å²) in [4.78, 5) is -0.344. The molecule has 20 heavy (non-hydrogen) atoms. The van der Waals surface area contributed by atoms with Crippen molar-refractivity contribution < 1.29 is 12.8 Å². The first-order valence-electron chi connectivity index (χ1n) is 6.07. The summed E-state index contributed by atoms with van der Waals surface area (Å²) in [5.74, 6) is -0.747. The molecule has 0 aliphatic carbocycles. The van der Waals surface area contributed by atoms with Crippen LogP contribution in [0.5, 0.6) is 0 Å². The van der Waals surface area contributed by atoms with Crippen molar-refractivity contribution >= 4 is 27.0 Å². The Hall–Kier alpha value is -1.44. The van der Waals surface area contributed by atoms with E-state index in [0.29, 0.717) is 17.8 Å². The molecular weight excluding hydrogens is 299 g/mol. The van der Waals surface area contributed by atoms with Crippen LogP contribution in [-0.2, 0) is 16.6 Å². The zero-order chi connectivity index (χ0) is 14.6. The molecule has 108 valence electrons. The number of benzene rings is 1. The van der Waals surface area contributed by atoms with Gasteiger partial charge in [-0.2, -0.15) is 11.3 Å². The third-order valence-corrected chi connectivity index (χ3v) is 4.74. The maximum atomic E-state index is 14.0. The van der Waals surface area contributed by atoms with Gasteiger partial charge < -0.3 is 5.32 Å². The van der Waals surface area contributed by atoms with Crippen LogP contribution < -0.4 is 10.0 Å². The fourth-order valence-electron chi connectivity index (χ4n) is 1.67. The molecule has 2 rings (SSSR count). The van der Waals surface area contributed by atoms with Crippen molar-refractivity contribution in [1.29, 1.82) is 0 Å². The quantitative estimate of drug-likeness (QED) is 0.862. The molecule has 1 heterocycles. The van der Waals surface area contributed by atoms with E-state index >= 15 is 0 Å². The number of rotatable bonds is 6. The summed E-state index contributed by atoms with van der Waals surface area (Å²) in [6.45, 7) is 3.22. The predicted octanol–water partition coefficient (Wildman–Crippen LogP) is 2.80. The molecule has 4 nitrogen and oxygen atoms in total. The minimum absolute atomic E-state index is 0.344. The standard InChI is InChI=1S/C13H15FN2O2S2/c1-2-15-8-10-3-4-13(12(14)7-10)20(17,18)16-11-5-6-19-9-11/h3-7,9,15-16H,2,8H2,1H3. The van der Waals surface area contributed by atoms with E-state index in [4.69, 9.17) is 0 Å². The minimum atomic E-state index is -3.89. The normalized spacial score (nSPS) is 11.5. The summed E-state index contributed by atoms with van der Waals surface area (Å²) in [5.41, 5.74) is 1.14. The van der Waals surface area contributed by atoms with Crippen LogP contribution >= 0.6 is 11.3 Å². The first kappa shape index (κ1) is 15.0. The van der Waals surface area contributed by atoms with E-state index in [0.717, 1.165) is 6.54 Å². The lowest BCUT2D eigenvalue weighted by molar-refractivity contribution is 0.568. The van der Waals surface area contributed by atoms with Gasteiger partial charge in [0.25, 0.3) is 10.0 Å². The van der Waals surface area contributed by atoms with Gasteiger partial charge in [0.2, 0.25) is 0 Å². The highest BCUT2D eigenvalue weighted by Crippen LogP contribution is 2.21. The summed E-state index contributed by atoms with van der Waals surface area (Å²) >= 11 is 1.36. The van der Waals surface area contributed by atoms with E-state index in [1.54, 1.807) is 22.9 Å². The number of hydrogen-bond donors (Lipinski definition) is 2. The van der Waals surface area contributed by atoms with E-state index < -0.39 is 15.8 Å². The second-order valence-corrected chi connectivity index (χ2v) is 6.59. The lowest BCUT2D eigenvalue weighted by atomic mass is 10.2. The van der Waals surface area contributed by atoms with Crippen molar-refractivity contribution in [2.45, 2.75) is 18.4 Å². The van der Waals surface area contributed by atoms with Gasteiger partial charge >= 0.3 is 0 Å². The van der Waals surface area contributed by atoms with Gasteiger partial charge in [0.15, 0.2) is 0 Å². The fraction of sp³-hybridized carbons (Fsp3) is 0.231. The second-order valence-electron chi connectivity index (χ2n) is 4.16. The Bertz CT molecular complexity index is 670. The van der Waals surface area contributed by atoms with Crippen LogP contribution in [-0.4, -0.2) is 15.0 Å². The summed E-state index contributed by atoms with van der Waals surface area (Å²) in [5, 5.41) is 6.45. The van der Waals surface area contributed by atoms with E-state index in [2.05, 4.69) is 10.0 Å². The molecule has 2 N–H and O–H groups in total. The first-order valence-corrected chi connectivity index (χ1v) is 8.49. The molecule has 0 saturated carbocycles.